The Balaban J connectivity index is 1.41. The highest BCUT2D eigenvalue weighted by Crippen LogP contribution is 2.33. The number of likely N-dealkylation sites (tertiary alicyclic amines) is 1. The van der Waals surface area contributed by atoms with E-state index in [1.807, 2.05) is 35.2 Å². The van der Waals surface area contributed by atoms with Crippen molar-refractivity contribution in [1.82, 2.24) is 20.0 Å². The molecule has 2 aromatic carbocycles. The van der Waals surface area contributed by atoms with Crippen LogP contribution in [0.3, 0.4) is 0 Å². The van der Waals surface area contributed by atoms with Crippen LogP contribution in [0.4, 0.5) is 19.4 Å². The first-order valence-corrected chi connectivity index (χ1v) is 12.9. The summed E-state index contributed by atoms with van der Waals surface area (Å²) < 4.78 is 39.8. The average molecular weight is 540 g/mol. The Kier molecular flexibility index (Phi) is 7.89. The number of hydrogen-bond donors (Lipinski definition) is 2. The quantitative estimate of drug-likeness (QED) is 0.426. The minimum absolute atomic E-state index is 0.0818. The largest absolute Gasteiger partial charge is 0.468 e. The van der Waals surface area contributed by atoms with E-state index in [1.54, 1.807) is 4.68 Å². The number of hydrogen-bond acceptors (Lipinski definition) is 6. The molecule has 1 aliphatic heterocycles. The summed E-state index contributed by atoms with van der Waals surface area (Å²) in [5.74, 6) is -2.21. The molecule has 0 saturated carbocycles. The van der Waals surface area contributed by atoms with Crippen LogP contribution in [0, 0.1) is 11.6 Å². The van der Waals surface area contributed by atoms with Gasteiger partial charge in [0.05, 0.1) is 31.1 Å². The number of halogens is 2. The molecule has 3 atom stereocenters. The van der Waals surface area contributed by atoms with Crippen LogP contribution in [-0.2, 0) is 27.1 Å². The van der Waals surface area contributed by atoms with Gasteiger partial charge in [-0.3, -0.25) is 15.0 Å². The molecule has 1 fully saturated rings. The Hall–Kier alpha value is -3.83. The molecule has 3 unspecified atom stereocenters. The third kappa shape index (κ3) is 5.50. The summed E-state index contributed by atoms with van der Waals surface area (Å²) >= 11 is 0. The lowest BCUT2D eigenvalue weighted by Gasteiger charge is -2.25. The molecule has 3 aromatic rings. The first-order valence-electron chi connectivity index (χ1n) is 12.9. The van der Waals surface area contributed by atoms with Crippen molar-refractivity contribution in [1.29, 1.82) is 0 Å². The first-order chi connectivity index (χ1) is 18.9. The molecule has 2 amide bonds. The second-order valence-electron chi connectivity index (χ2n) is 9.81. The van der Waals surface area contributed by atoms with E-state index in [4.69, 9.17) is 14.6 Å². The maximum absolute atomic E-state index is 14.2. The van der Waals surface area contributed by atoms with E-state index in [0.717, 1.165) is 48.3 Å². The van der Waals surface area contributed by atoms with Gasteiger partial charge in [-0.15, -0.1) is 0 Å². The van der Waals surface area contributed by atoms with Gasteiger partial charge >= 0.3 is 12.0 Å². The number of anilines is 1. The van der Waals surface area contributed by atoms with E-state index in [0.29, 0.717) is 17.9 Å². The molecule has 1 aromatic heterocycles. The number of nitrogens with one attached hydrogen (secondary N) is 2. The zero-order valence-electron chi connectivity index (χ0n) is 21.8. The predicted octanol–water partition coefficient (Wildman–Crippen LogP) is 3.42. The number of amides is 2. The van der Waals surface area contributed by atoms with E-state index in [1.165, 1.54) is 20.3 Å². The summed E-state index contributed by atoms with van der Waals surface area (Å²) in [6.07, 6.45) is 2.62. The van der Waals surface area contributed by atoms with E-state index < -0.39 is 41.6 Å². The van der Waals surface area contributed by atoms with E-state index >= 15 is 0 Å². The highest BCUT2D eigenvalue weighted by Gasteiger charge is 2.41. The van der Waals surface area contributed by atoms with Gasteiger partial charge in [-0.05, 0) is 49.1 Å². The average Bonchev–Trinajstić information content (AvgIpc) is 3.65. The zero-order valence-corrected chi connectivity index (χ0v) is 21.8. The molecule has 5 rings (SSSR count). The minimum Gasteiger partial charge on any atom is -0.468 e. The highest BCUT2D eigenvalue weighted by molar-refractivity contribution is 5.90. The number of aryl methyl sites for hydroxylation is 1. The smallest absolute Gasteiger partial charge is 0.325 e. The lowest BCUT2D eigenvalue weighted by Crippen LogP contribution is -2.46. The van der Waals surface area contributed by atoms with Crippen LogP contribution in [0.25, 0.3) is 5.69 Å². The molecular weight excluding hydrogens is 508 g/mol. The van der Waals surface area contributed by atoms with E-state index in [9.17, 15) is 18.4 Å². The van der Waals surface area contributed by atoms with Crippen LogP contribution in [0.5, 0.6) is 0 Å². The number of methoxy groups -OCH3 is 2. The number of esters is 1. The summed E-state index contributed by atoms with van der Waals surface area (Å²) in [5, 5.41) is 10.7. The van der Waals surface area contributed by atoms with Crippen molar-refractivity contribution in [2.45, 2.75) is 37.3 Å². The monoisotopic (exact) mass is 539 g/mol. The first kappa shape index (κ1) is 26.8. The second kappa shape index (κ2) is 11.5. The van der Waals surface area contributed by atoms with Gasteiger partial charge in [0.1, 0.15) is 11.9 Å². The Bertz CT molecular complexity index is 1350. The van der Waals surface area contributed by atoms with Crippen LogP contribution in [0.1, 0.15) is 29.2 Å². The Morgan fingerprint density at radius 2 is 1.87 bits per heavy atom. The number of benzene rings is 2. The normalized spacial score (nSPS) is 19.5. The number of aromatic nitrogens is 2. The highest BCUT2D eigenvalue weighted by atomic mass is 19.2. The van der Waals surface area contributed by atoms with Crippen LogP contribution >= 0.6 is 0 Å². The summed E-state index contributed by atoms with van der Waals surface area (Å²) in [6, 6.07) is 11.6. The van der Waals surface area contributed by atoms with Gasteiger partial charge in [0, 0.05) is 31.7 Å². The van der Waals surface area contributed by atoms with Crippen molar-refractivity contribution in [3.05, 3.63) is 77.0 Å². The Labute approximate surface area is 225 Å². The van der Waals surface area contributed by atoms with Crippen molar-refractivity contribution in [3.8, 4) is 5.69 Å². The second-order valence-corrected chi connectivity index (χ2v) is 9.81. The molecule has 11 heteroatoms. The maximum atomic E-state index is 14.2. The van der Waals surface area contributed by atoms with Gasteiger partial charge in [0.2, 0.25) is 0 Å². The number of urea groups is 1. The molecule has 2 aliphatic rings. The summed E-state index contributed by atoms with van der Waals surface area (Å²) in [7, 11) is 2.78. The fourth-order valence-electron chi connectivity index (χ4n) is 5.52. The molecule has 2 heterocycles. The number of fused-ring (bicyclic) bond motifs is 1. The SMILES string of the molecule is COCC(C(=O)OC)N1CC(NC(=O)Nc2c3c(nn2-c2ccccc2)CCC3)C(c2ccc(F)c(F)c2)C1. The maximum Gasteiger partial charge on any atom is 0.325 e. The lowest BCUT2D eigenvalue weighted by molar-refractivity contribution is -0.148. The van der Waals surface area contributed by atoms with Crippen LogP contribution in [0.2, 0.25) is 0 Å². The minimum atomic E-state index is -0.974. The van der Waals surface area contributed by atoms with Crippen molar-refractivity contribution in [2.24, 2.45) is 0 Å². The van der Waals surface area contributed by atoms with Gasteiger partial charge in [0.25, 0.3) is 0 Å². The molecule has 206 valence electrons. The number of ether oxygens (including phenoxy) is 2. The lowest BCUT2D eigenvalue weighted by atomic mass is 9.94. The predicted molar refractivity (Wildman–Crippen MR) is 140 cm³/mol. The summed E-state index contributed by atoms with van der Waals surface area (Å²) in [6.45, 7) is 0.658. The van der Waals surface area contributed by atoms with Crippen LogP contribution in [0.15, 0.2) is 48.5 Å². The number of rotatable bonds is 8. The summed E-state index contributed by atoms with van der Waals surface area (Å²) in [4.78, 5) is 27.7. The molecule has 0 bridgehead atoms. The van der Waals surface area contributed by atoms with Crippen molar-refractivity contribution in [3.63, 3.8) is 0 Å². The fourth-order valence-corrected chi connectivity index (χ4v) is 5.52. The van der Waals surface area contributed by atoms with Crippen molar-refractivity contribution >= 4 is 17.8 Å². The summed E-state index contributed by atoms with van der Waals surface area (Å²) in [5.41, 5.74) is 3.30. The fraction of sp³-hybridized carbons (Fsp3) is 0.393. The molecule has 0 radical (unpaired) electrons. The molecule has 0 spiro atoms. The molecule has 1 aliphatic carbocycles. The molecule has 1 saturated heterocycles. The standard InChI is InChI=1S/C28H31F2N5O4/c1-38-16-25(27(36)39-2)34-14-20(17-11-12-21(29)22(30)13-17)24(15-34)31-28(37)32-26-19-9-6-10-23(19)33-35(26)18-7-4-3-5-8-18/h3-5,7-8,11-13,20,24-25H,6,9-10,14-16H2,1-2H3,(H2,31,32,37). The Morgan fingerprint density at radius 3 is 2.59 bits per heavy atom. The van der Waals surface area contributed by atoms with Gasteiger partial charge in [0.15, 0.2) is 11.6 Å². The molecule has 2 N–H and O–H groups in total. The third-order valence-electron chi connectivity index (χ3n) is 7.41. The number of para-hydroxylation sites is 1. The van der Waals surface area contributed by atoms with Gasteiger partial charge in [-0.2, -0.15) is 5.10 Å². The van der Waals surface area contributed by atoms with Crippen LogP contribution < -0.4 is 10.6 Å². The van der Waals surface area contributed by atoms with E-state index in [-0.39, 0.29) is 13.2 Å². The van der Waals surface area contributed by atoms with E-state index in [2.05, 4.69) is 10.6 Å². The number of carbonyl (C=O) groups excluding carboxylic acids is 2. The topological polar surface area (TPSA) is 97.7 Å². The molecular formula is C28H31F2N5O4. The number of carbonyl (C=O) groups is 2. The zero-order chi connectivity index (χ0) is 27.5. The van der Waals surface area contributed by atoms with Gasteiger partial charge < -0.3 is 14.8 Å². The molecule has 9 nitrogen and oxygen atoms in total. The van der Waals surface area contributed by atoms with Gasteiger partial charge in [-0.25, -0.2) is 18.3 Å². The van der Waals surface area contributed by atoms with Crippen LogP contribution in [-0.4, -0.2) is 72.7 Å². The van der Waals surface area contributed by atoms with Crippen molar-refractivity contribution in [2.75, 3.05) is 39.2 Å². The third-order valence-corrected chi connectivity index (χ3v) is 7.41. The Morgan fingerprint density at radius 1 is 1.08 bits per heavy atom. The van der Waals surface area contributed by atoms with Crippen molar-refractivity contribution < 1.29 is 27.8 Å². The number of nitrogens with zero attached hydrogens (tertiary/aromatic N) is 3. The molecule has 39 heavy (non-hydrogen) atoms. The van der Waals surface area contributed by atoms with Gasteiger partial charge in [-0.1, -0.05) is 24.3 Å².